The van der Waals surface area contributed by atoms with Gasteiger partial charge in [0.2, 0.25) is 0 Å². The summed E-state index contributed by atoms with van der Waals surface area (Å²) < 4.78 is 0. The first-order chi connectivity index (χ1) is 9.90. The third kappa shape index (κ3) is 6.62. The molecule has 0 aliphatic carbocycles. The van der Waals surface area contributed by atoms with Gasteiger partial charge in [0.25, 0.3) is 0 Å². The second-order valence-electron chi connectivity index (χ2n) is 5.43. The molecule has 1 rings (SSSR count). The lowest BCUT2D eigenvalue weighted by molar-refractivity contribution is -0.141. The Bertz CT molecular complexity index is 448. The summed E-state index contributed by atoms with van der Waals surface area (Å²) in [6.45, 7) is 5.58. The lowest BCUT2D eigenvalue weighted by Gasteiger charge is -2.18. The van der Waals surface area contributed by atoms with Crippen molar-refractivity contribution in [1.82, 2.24) is 10.6 Å². The predicted octanol–water partition coefficient (Wildman–Crippen LogP) is 3.39. The van der Waals surface area contributed by atoms with Crippen LogP contribution in [-0.2, 0) is 4.79 Å². The van der Waals surface area contributed by atoms with E-state index in [0.29, 0.717) is 6.42 Å². The number of carbonyl (C=O) groups excluding carboxylic acids is 1. The zero-order valence-electron chi connectivity index (χ0n) is 12.8. The highest BCUT2D eigenvalue weighted by molar-refractivity contribution is 7.10. The maximum Gasteiger partial charge on any atom is 0.315 e. The maximum absolute atomic E-state index is 11.9. The van der Waals surface area contributed by atoms with Crippen LogP contribution in [0.15, 0.2) is 17.5 Å². The summed E-state index contributed by atoms with van der Waals surface area (Å²) in [6, 6.07) is 3.79. The van der Waals surface area contributed by atoms with Gasteiger partial charge >= 0.3 is 12.0 Å². The van der Waals surface area contributed by atoms with Crippen LogP contribution in [0.3, 0.4) is 0 Å². The fourth-order valence-corrected chi connectivity index (χ4v) is 2.73. The number of thiophene rings is 1. The number of hydrogen-bond acceptors (Lipinski definition) is 3. The van der Waals surface area contributed by atoms with Crippen molar-refractivity contribution in [2.45, 2.75) is 52.1 Å². The van der Waals surface area contributed by atoms with Gasteiger partial charge in [-0.2, -0.15) is 0 Å². The number of urea groups is 1. The fraction of sp³-hybridized carbons (Fsp3) is 0.600. The molecule has 6 heteroatoms. The summed E-state index contributed by atoms with van der Waals surface area (Å²) >= 11 is 1.61. The SMILES string of the molecule is CC(CCCC(C)C(=O)O)NC(=O)NC(C)c1cccs1. The Hall–Kier alpha value is -1.56. The van der Waals surface area contributed by atoms with Crippen molar-refractivity contribution >= 4 is 23.3 Å². The molecule has 0 bridgehead atoms. The van der Waals surface area contributed by atoms with Crippen molar-refractivity contribution in [1.29, 1.82) is 0 Å². The van der Waals surface area contributed by atoms with E-state index in [1.54, 1.807) is 18.3 Å². The van der Waals surface area contributed by atoms with Crippen molar-refractivity contribution < 1.29 is 14.7 Å². The molecule has 3 atom stereocenters. The number of carboxylic acid groups (broad SMARTS) is 1. The molecule has 0 spiro atoms. The van der Waals surface area contributed by atoms with Gasteiger partial charge in [-0.15, -0.1) is 11.3 Å². The molecule has 5 nitrogen and oxygen atoms in total. The minimum absolute atomic E-state index is 0.00997. The van der Waals surface area contributed by atoms with Gasteiger partial charge < -0.3 is 15.7 Å². The van der Waals surface area contributed by atoms with Crippen molar-refractivity contribution in [3.8, 4) is 0 Å². The molecule has 0 aromatic carbocycles. The van der Waals surface area contributed by atoms with Gasteiger partial charge in [-0.1, -0.05) is 19.4 Å². The molecule has 3 unspecified atom stereocenters. The molecule has 0 aliphatic heterocycles. The van der Waals surface area contributed by atoms with Gasteiger partial charge in [-0.05, 0) is 38.1 Å². The molecule has 0 fully saturated rings. The average Bonchev–Trinajstić information content (AvgIpc) is 2.91. The zero-order valence-corrected chi connectivity index (χ0v) is 13.6. The third-order valence-corrected chi connectivity index (χ3v) is 4.45. The number of amides is 2. The second-order valence-corrected chi connectivity index (χ2v) is 6.41. The normalized spacial score (nSPS) is 15.0. The van der Waals surface area contributed by atoms with Crippen molar-refractivity contribution in [2.24, 2.45) is 5.92 Å². The first kappa shape index (κ1) is 17.5. The van der Waals surface area contributed by atoms with Crippen molar-refractivity contribution in [3.63, 3.8) is 0 Å². The van der Waals surface area contributed by atoms with Gasteiger partial charge in [0.15, 0.2) is 0 Å². The Morgan fingerprint density at radius 1 is 1.24 bits per heavy atom. The Balaban J connectivity index is 2.23. The monoisotopic (exact) mass is 312 g/mol. The molecule has 3 N–H and O–H groups in total. The van der Waals surface area contributed by atoms with Gasteiger partial charge in [0.1, 0.15) is 0 Å². The van der Waals surface area contributed by atoms with Crippen LogP contribution in [0, 0.1) is 5.92 Å². The van der Waals surface area contributed by atoms with E-state index in [1.165, 1.54) is 0 Å². The largest absolute Gasteiger partial charge is 0.481 e. The van der Waals surface area contributed by atoms with E-state index in [2.05, 4.69) is 10.6 Å². The highest BCUT2D eigenvalue weighted by Gasteiger charge is 2.14. The highest BCUT2D eigenvalue weighted by atomic mass is 32.1. The Morgan fingerprint density at radius 2 is 1.95 bits per heavy atom. The van der Waals surface area contributed by atoms with Crippen LogP contribution in [0.25, 0.3) is 0 Å². The van der Waals surface area contributed by atoms with Crippen LogP contribution >= 0.6 is 11.3 Å². The molecular weight excluding hydrogens is 288 g/mol. The van der Waals surface area contributed by atoms with E-state index in [4.69, 9.17) is 5.11 Å². The molecule has 0 saturated carbocycles. The fourth-order valence-electron chi connectivity index (χ4n) is 2.00. The van der Waals surface area contributed by atoms with E-state index in [0.717, 1.165) is 17.7 Å². The quantitative estimate of drug-likeness (QED) is 0.688. The van der Waals surface area contributed by atoms with Gasteiger partial charge in [0, 0.05) is 10.9 Å². The van der Waals surface area contributed by atoms with Crippen LogP contribution in [0.1, 0.15) is 51.0 Å². The van der Waals surface area contributed by atoms with Gasteiger partial charge in [-0.3, -0.25) is 4.79 Å². The molecule has 1 aromatic heterocycles. The third-order valence-electron chi connectivity index (χ3n) is 3.39. The zero-order chi connectivity index (χ0) is 15.8. The minimum Gasteiger partial charge on any atom is -0.481 e. The lowest BCUT2D eigenvalue weighted by atomic mass is 10.0. The van der Waals surface area contributed by atoms with Gasteiger partial charge in [0.05, 0.1) is 12.0 Å². The van der Waals surface area contributed by atoms with Gasteiger partial charge in [-0.25, -0.2) is 4.79 Å². The van der Waals surface area contributed by atoms with Crippen molar-refractivity contribution in [3.05, 3.63) is 22.4 Å². The number of rotatable bonds is 8. The van der Waals surface area contributed by atoms with Crippen LogP contribution in [0.4, 0.5) is 4.79 Å². The van der Waals surface area contributed by atoms with E-state index >= 15 is 0 Å². The van der Waals surface area contributed by atoms with Crippen LogP contribution in [0.2, 0.25) is 0 Å². The summed E-state index contributed by atoms with van der Waals surface area (Å²) in [6.07, 6.45) is 2.20. The number of carbonyl (C=O) groups is 2. The molecule has 0 aliphatic rings. The van der Waals surface area contributed by atoms with Crippen LogP contribution in [-0.4, -0.2) is 23.1 Å². The van der Waals surface area contributed by atoms with Crippen LogP contribution in [0.5, 0.6) is 0 Å². The summed E-state index contributed by atoms with van der Waals surface area (Å²) in [5, 5.41) is 16.6. The predicted molar refractivity (Wildman–Crippen MR) is 84.5 cm³/mol. The first-order valence-electron chi connectivity index (χ1n) is 7.23. The molecule has 1 heterocycles. The number of carboxylic acids is 1. The topological polar surface area (TPSA) is 78.4 Å². The standard InChI is InChI=1S/C15H24N2O3S/c1-10(14(18)19)6-4-7-11(2)16-15(20)17-12(3)13-8-5-9-21-13/h5,8-12H,4,6-7H2,1-3H3,(H,18,19)(H2,16,17,20). The van der Waals surface area contributed by atoms with E-state index in [1.807, 2.05) is 31.4 Å². The summed E-state index contributed by atoms with van der Waals surface area (Å²) in [7, 11) is 0. The first-order valence-corrected chi connectivity index (χ1v) is 8.11. The second kappa shape index (κ2) is 8.67. The molecule has 1 aromatic rings. The Labute approximate surface area is 129 Å². The van der Waals surface area contributed by atoms with Crippen LogP contribution < -0.4 is 10.6 Å². The summed E-state index contributed by atoms with van der Waals surface area (Å²) in [5.74, 6) is -1.09. The molecule has 21 heavy (non-hydrogen) atoms. The summed E-state index contributed by atoms with van der Waals surface area (Å²) in [4.78, 5) is 23.7. The number of nitrogens with one attached hydrogen (secondary N) is 2. The molecule has 0 radical (unpaired) electrons. The van der Waals surface area contributed by atoms with E-state index in [-0.39, 0.29) is 24.0 Å². The molecule has 0 saturated heterocycles. The number of hydrogen-bond donors (Lipinski definition) is 3. The number of aliphatic carboxylic acids is 1. The van der Waals surface area contributed by atoms with E-state index < -0.39 is 5.97 Å². The Morgan fingerprint density at radius 3 is 2.52 bits per heavy atom. The molecular formula is C15H24N2O3S. The molecule has 118 valence electrons. The smallest absolute Gasteiger partial charge is 0.315 e. The van der Waals surface area contributed by atoms with Crippen molar-refractivity contribution in [2.75, 3.05) is 0 Å². The summed E-state index contributed by atoms with van der Waals surface area (Å²) in [5.41, 5.74) is 0. The minimum atomic E-state index is -0.766. The van der Waals surface area contributed by atoms with E-state index in [9.17, 15) is 9.59 Å². The lowest BCUT2D eigenvalue weighted by Crippen LogP contribution is -2.41. The highest BCUT2D eigenvalue weighted by Crippen LogP contribution is 2.17. The average molecular weight is 312 g/mol. The molecule has 2 amide bonds. The Kier molecular flexibility index (Phi) is 7.22. The maximum atomic E-state index is 11.9.